The van der Waals surface area contributed by atoms with Crippen LogP contribution in [0, 0.1) is 6.92 Å². The molecule has 0 atom stereocenters. The quantitative estimate of drug-likeness (QED) is 0.607. The van der Waals surface area contributed by atoms with Crippen molar-refractivity contribution in [2.45, 2.75) is 13.8 Å². The molecule has 0 spiro atoms. The van der Waals surface area contributed by atoms with Gasteiger partial charge in [0.05, 0.1) is 12.1 Å². The van der Waals surface area contributed by atoms with Crippen LogP contribution in [0.5, 0.6) is 5.75 Å². The number of benzene rings is 1. The Morgan fingerprint density at radius 3 is 2.64 bits per heavy atom. The summed E-state index contributed by atoms with van der Waals surface area (Å²) in [5.41, 5.74) is 3.21. The van der Waals surface area contributed by atoms with Crippen molar-refractivity contribution in [1.82, 2.24) is 0 Å². The summed E-state index contributed by atoms with van der Waals surface area (Å²) in [6, 6.07) is 6.22. The van der Waals surface area contributed by atoms with E-state index < -0.39 is 0 Å². The zero-order valence-corrected chi connectivity index (χ0v) is 10.5. The third kappa shape index (κ3) is 2.64. The first-order chi connectivity index (χ1) is 6.69. The van der Waals surface area contributed by atoms with Gasteiger partial charge in [0, 0.05) is 12.7 Å². The molecule has 0 radical (unpaired) electrons. The van der Waals surface area contributed by atoms with Crippen molar-refractivity contribution in [3.63, 3.8) is 0 Å². The molecule has 0 N–H and O–H groups in total. The molecule has 78 valence electrons. The van der Waals surface area contributed by atoms with Crippen molar-refractivity contribution in [2.75, 3.05) is 24.0 Å². The molecule has 1 rings (SSSR count). The molecule has 0 bridgehead atoms. The maximum absolute atomic E-state index is 5.47. The zero-order valence-electron chi connectivity index (χ0n) is 8.88. The summed E-state index contributed by atoms with van der Waals surface area (Å²) in [5, 5.41) is 0. The van der Waals surface area contributed by atoms with Crippen LogP contribution < -0.4 is 9.64 Å². The summed E-state index contributed by atoms with van der Waals surface area (Å²) >= 11 is 3.42. The van der Waals surface area contributed by atoms with Crippen LogP contribution >= 0.6 is 15.9 Å². The second-order valence-electron chi connectivity index (χ2n) is 3.20. The fourth-order valence-corrected chi connectivity index (χ4v) is 1.55. The van der Waals surface area contributed by atoms with Gasteiger partial charge in [-0.2, -0.15) is 0 Å². The Bertz CT molecular complexity index is 301. The summed E-state index contributed by atoms with van der Waals surface area (Å²) in [7, 11) is 2.05. The molecule has 0 aliphatic carbocycles. The van der Waals surface area contributed by atoms with Crippen LogP contribution in [0.2, 0.25) is 0 Å². The molecule has 0 amide bonds. The number of halogens is 1. The van der Waals surface area contributed by atoms with Gasteiger partial charge < -0.3 is 9.64 Å². The van der Waals surface area contributed by atoms with Crippen molar-refractivity contribution < 1.29 is 4.74 Å². The molecular weight excluding hydrogens is 242 g/mol. The van der Waals surface area contributed by atoms with Crippen LogP contribution in [0.15, 0.2) is 18.2 Å². The van der Waals surface area contributed by atoms with E-state index in [0.29, 0.717) is 6.61 Å². The second kappa shape index (κ2) is 5.25. The molecule has 0 aliphatic heterocycles. The molecule has 0 heterocycles. The smallest absolute Gasteiger partial charge is 0.122 e. The standard InChI is InChI=1S/C11H16BrNO/c1-4-14-11-6-5-10(7-9(11)2)13(3)8-12/h5-7H,4,8H2,1-3H3. The molecule has 0 saturated heterocycles. The van der Waals surface area contributed by atoms with Crippen LogP contribution in [-0.2, 0) is 0 Å². The van der Waals surface area contributed by atoms with Gasteiger partial charge in [-0.1, -0.05) is 15.9 Å². The van der Waals surface area contributed by atoms with E-state index in [2.05, 4.69) is 39.9 Å². The van der Waals surface area contributed by atoms with Gasteiger partial charge >= 0.3 is 0 Å². The van der Waals surface area contributed by atoms with Gasteiger partial charge in [-0.05, 0) is 37.6 Å². The monoisotopic (exact) mass is 257 g/mol. The summed E-state index contributed by atoms with van der Waals surface area (Å²) < 4.78 is 5.47. The first-order valence-electron chi connectivity index (χ1n) is 4.69. The van der Waals surface area contributed by atoms with Crippen LogP contribution in [0.3, 0.4) is 0 Å². The van der Waals surface area contributed by atoms with Crippen LogP contribution in [0.25, 0.3) is 0 Å². The van der Waals surface area contributed by atoms with E-state index in [0.717, 1.165) is 11.2 Å². The highest BCUT2D eigenvalue weighted by Gasteiger charge is 2.03. The Kier molecular flexibility index (Phi) is 4.26. The van der Waals surface area contributed by atoms with Crippen molar-refractivity contribution in [2.24, 2.45) is 0 Å². The van der Waals surface area contributed by atoms with Gasteiger partial charge in [0.2, 0.25) is 0 Å². The van der Waals surface area contributed by atoms with E-state index in [1.165, 1.54) is 11.3 Å². The van der Waals surface area contributed by atoms with Crippen LogP contribution in [0.4, 0.5) is 5.69 Å². The molecule has 2 nitrogen and oxygen atoms in total. The van der Waals surface area contributed by atoms with E-state index in [1.807, 2.05) is 20.0 Å². The van der Waals surface area contributed by atoms with Gasteiger partial charge in [0.15, 0.2) is 0 Å². The Morgan fingerprint density at radius 1 is 1.43 bits per heavy atom. The number of ether oxygens (including phenoxy) is 1. The summed E-state index contributed by atoms with van der Waals surface area (Å²) in [6.07, 6.45) is 0. The number of rotatable bonds is 4. The summed E-state index contributed by atoms with van der Waals surface area (Å²) in [5.74, 6) is 0.972. The highest BCUT2D eigenvalue weighted by molar-refractivity contribution is 9.09. The van der Waals surface area contributed by atoms with E-state index in [-0.39, 0.29) is 0 Å². The average Bonchev–Trinajstić information content (AvgIpc) is 2.20. The van der Waals surface area contributed by atoms with Crippen molar-refractivity contribution in [3.8, 4) is 5.75 Å². The average molecular weight is 258 g/mol. The first kappa shape index (κ1) is 11.4. The Balaban J connectivity index is 2.88. The van der Waals surface area contributed by atoms with E-state index in [1.54, 1.807) is 0 Å². The third-order valence-electron chi connectivity index (χ3n) is 2.08. The molecule has 0 aromatic heterocycles. The van der Waals surface area contributed by atoms with Gasteiger partial charge in [-0.25, -0.2) is 0 Å². The Hall–Kier alpha value is -0.700. The Morgan fingerprint density at radius 2 is 2.14 bits per heavy atom. The SMILES string of the molecule is CCOc1ccc(N(C)CBr)cc1C. The van der Waals surface area contributed by atoms with Crippen LogP contribution in [0.1, 0.15) is 12.5 Å². The molecule has 3 heteroatoms. The van der Waals surface area contributed by atoms with Gasteiger partial charge in [-0.3, -0.25) is 0 Å². The minimum absolute atomic E-state index is 0.717. The normalized spacial score (nSPS) is 10.0. The van der Waals surface area contributed by atoms with Gasteiger partial charge in [-0.15, -0.1) is 0 Å². The van der Waals surface area contributed by atoms with Gasteiger partial charge in [0.25, 0.3) is 0 Å². The lowest BCUT2D eigenvalue weighted by Crippen LogP contribution is -2.13. The lowest BCUT2D eigenvalue weighted by atomic mass is 10.2. The number of hydrogen-bond donors (Lipinski definition) is 0. The van der Waals surface area contributed by atoms with E-state index >= 15 is 0 Å². The lowest BCUT2D eigenvalue weighted by Gasteiger charge is -2.17. The topological polar surface area (TPSA) is 12.5 Å². The van der Waals surface area contributed by atoms with Crippen molar-refractivity contribution >= 4 is 21.6 Å². The largest absolute Gasteiger partial charge is 0.494 e. The number of hydrogen-bond acceptors (Lipinski definition) is 2. The maximum atomic E-state index is 5.47. The molecule has 1 aromatic carbocycles. The van der Waals surface area contributed by atoms with Crippen molar-refractivity contribution in [3.05, 3.63) is 23.8 Å². The first-order valence-corrected chi connectivity index (χ1v) is 5.81. The molecule has 1 aromatic rings. The predicted octanol–water partition coefficient (Wildman–Crippen LogP) is 3.18. The Labute approximate surface area is 94.0 Å². The number of aryl methyl sites for hydroxylation is 1. The molecule has 0 unspecified atom stereocenters. The molecule has 0 aliphatic rings. The van der Waals surface area contributed by atoms with Gasteiger partial charge in [0.1, 0.15) is 5.75 Å². The van der Waals surface area contributed by atoms with Crippen molar-refractivity contribution in [1.29, 1.82) is 0 Å². The van der Waals surface area contributed by atoms with Crippen LogP contribution in [-0.4, -0.2) is 19.1 Å². The fourth-order valence-electron chi connectivity index (χ4n) is 1.26. The predicted molar refractivity (Wildman–Crippen MR) is 64.5 cm³/mol. The van der Waals surface area contributed by atoms with E-state index in [4.69, 9.17) is 4.74 Å². The highest BCUT2D eigenvalue weighted by Crippen LogP contribution is 2.24. The second-order valence-corrected chi connectivity index (χ2v) is 3.70. The molecule has 14 heavy (non-hydrogen) atoms. The van der Waals surface area contributed by atoms with E-state index in [9.17, 15) is 0 Å². The lowest BCUT2D eigenvalue weighted by molar-refractivity contribution is 0.338. The molecule has 0 saturated carbocycles. The minimum Gasteiger partial charge on any atom is -0.494 e. The summed E-state index contributed by atoms with van der Waals surface area (Å²) in [6.45, 7) is 4.78. The molecule has 0 fully saturated rings. The highest BCUT2D eigenvalue weighted by atomic mass is 79.9. The fraction of sp³-hybridized carbons (Fsp3) is 0.455. The summed E-state index contributed by atoms with van der Waals surface area (Å²) in [4.78, 5) is 2.13. The number of anilines is 1. The number of alkyl halides is 1. The minimum atomic E-state index is 0.717. The number of nitrogens with zero attached hydrogens (tertiary/aromatic N) is 1. The maximum Gasteiger partial charge on any atom is 0.122 e. The third-order valence-corrected chi connectivity index (χ3v) is 2.83. The zero-order chi connectivity index (χ0) is 10.6. The molecular formula is C11H16BrNO.